The van der Waals surface area contributed by atoms with Gasteiger partial charge in [-0.1, -0.05) is 12.1 Å². The van der Waals surface area contributed by atoms with E-state index in [1.165, 1.54) is 0 Å². The molecule has 1 aliphatic carbocycles. The van der Waals surface area contributed by atoms with Gasteiger partial charge in [0.05, 0.1) is 11.0 Å². The van der Waals surface area contributed by atoms with E-state index in [9.17, 15) is 15.2 Å². The molecule has 7 nitrogen and oxygen atoms in total. The number of guanidine groups is 1. The Morgan fingerprint density at radius 3 is 2.54 bits per heavy atom. The van der Waals surface area contributed by atoms with Crippen LogP contribution in [-0.2, 0) is 6.42 Å². The van der Waals surface area contributed by atoms with Crippen LogP contribution in [0, 0.1) is 10.1 Å². The molecule has 1 aromatic rings. The highest BCUT2D eigenvalue weighted by molar-refractivity contribution is 5.80. The van der Waals surface area contributed by atoms with Crippen LogP contribution >= 0.6 is 0 Å². The Labute approximate surface area is 155 Å². The van der Waals surface area contributed by atoms with Gasteiger partial charge in [0.15, 0.2) is 5.96 Å². The van der Waals surface area contributed by atoms with Crippen molar-refractivity contribution in [3.8, 4) is 0 Å². The molecule has 26 heavy (non-hydrogen) atoms. The minimum absolute atomic E-state index is 0.134. The number of aliphatic hydroxyl groups excluding tert-OH is 1. The minimum atomic E-state index is -0.374. The topological polar surface area (TPSA) is 99.8 Å². The summed E-state index contributed by atoms with van der Waals surface area (Å²) in [4.78, 5) is 14.9. The molecule has 1 fully saturated rings. The number of rotatable bonds is 8. The lowest BCUT2D eigenvalue weighted by Gasteiger charge is -2.27. The Morgan fingerprint density at radius 2 is 1.92 bits per heavy atom. The van der Waals surface area contributed by atoms with Crippen molar-refractivity contribution in [2.24, 2.45) is 4.99 Å². The summed E-state index contributed by atoms with van der Waals surface area (Å²) in [6.45, 7) is 3.62. The summed E-state index contributed by atoms with van der Waals surface area (Å²) in [6, 6.07) is 7.15. The van der Waals surface area contributed by atoms with E-state index in [1.807, 2.05) is 12.1 Å². The van der Waals surface area contributed by atoms with Crippen LogP contribution in [-0.4, -0.2) is 41.2 Å². The van der Waals surface area contributed by atoms with Crippen molar-refractivity contribution in [2.75, 3.05) is 13.1 Å². The molecule has 1 aromatic carbocycles. The van der Waals surface area contributed by atoms with Gasteiger partial charge in [0, 0.05) is 31.3 Å². The van der Waals surface area contributed by atoms with Gasteiger partial charge in [-0.05, 0) is 57.4 Å². The number of benzene rings is 1. The number of nitro groups is 1. The normalized spacial score (nSPS) is 20.6. The van der Waals surface area contributed by atoms with E-state index >= 15 is 0 Å². The van der Waals surface area contributed by atoms with E-state index in [0.29, 0.717) is 6.04 Å². The van der Waals surface area contributed by atoms with Crippen LogP contribution in [0.3, 0.4) is 0 Å². The summed E-state index contributed by atoms with van der Waals surface area (Å²) < 4.78 is 0. The Balaban J connectivity index is 1.71. The fourth-order valence-electron chi connectivity index (χ4n) is 3.15. The Bertz CT molecular complexity index is 581. The molecule has 1 saturated carbocycles. The van der Waals surface area contributed by atoms with E-state index in [1.54, 1.807) is 12.1 Å². The molecule has 144 valence electrons. The molecule has 0 heterocycles. The Morgan fingerprint density at radius 1 is 1.23 bits per heavy atom. The molecule has 0 saturated heterocycles. The summed E-state index contributed by atoms with van der Waals surface area (Å²) in [5, 5.41) is 27.0. The quantitative estimate of drug-likeness (QED) is 0.217. The molecule has 0 bridgehead atoms. The van der Waals surface area contributed by atoms with E-state index in [0.717, 1.165) is 69.6 Å². The van der Waals surface area contributed by atoms with Gasteiger partial charge >= 0.3 is 0 Å². The van der Waals surface area contributed by atoms with Gasteiger partial charge in [-0.3, -0.25) is 15.1 Å². The predicted molar refractivity (Wildman–Crippen MR) is 103 cm³/mol. The number of hydrogen-bond donors (Lipinski definition) is 3. The van der Waals surface area contributed by atoms with Gasteiger partial charge in [-0.2, -0.15) is 0 Å². The highest BCUT2D eigenvalue weighted by Crippen LogP contribution is 2.18. The Hall–Kier alpha value is -2.15. The number of hydrogen-bond acceptors (Lipinski definition) is 4. The number of aliphatic imine (C=N–C) groups is 1. The lowest BCUT2D eigenvalue weighted by molar-refractivity contribution is -0.384. The SMILES string of the molecule is CCNC(=NCCCCc1ccc([N+](=O)[O-])cc1)NC1CCC(O)CC1. The maximum atomic E-state index is 10.7. The smallest absolute Gasteiger partial charge is 0.269 e. The third-order valence-electron chi connectivity index (χ3n) is 4.67. The molecule has 0 amide bonds. The van der Waals surface area contributed by atoms with E-state index in [2.05, 4.69) is 22.5 Å². The number of non-ortho nitro benzene ring substituents is 1. The first-order valence-electron chi connectivity index (χ1n) is 9.54. The number of nitro benzene ring substituents is 1. The van der Waals surface area contributed by atoms with Gasteiger partial charge < -0.3 is 15.7 Å². The fraction of sp³-hybridized carbons (Fsp3) is 0.632. The maximum Gasteiger partial charge on any atom is 0.269 e. The standard InChI is InChI=1S/C19H30N4O3/c1-2-20-19(22-16-8-12-18(24)13-9-16)21-14-4-3-5-15-6-10-17(11-7-15)23(25)26/h6-7,10-11,16,18,24H,2-5,8-9,12-14H2,1H3,(H2,20,21,22). The summed E-state index contributed by atoms with van der Waals surface area (Å²) >= 11 is 0. The molecular weight excluding hydrogens is 332 g/mol. The second-order valence-corrected chi connectivity index (χ2v) is 6.79. The molecule has 7 heteroatoms. The van der Waals surface area contributed by atoms with E-state index in [-0.39, 0.29) is 16.7 Å². The number of aliphatic hydroxyl groups is 1. The number of unbranched alkanes of at least 4 members (excludes halogenated alkanes) is 1. The molecule has 0 radical (unpaired) electrons. The first-order valence-corrected chi connectivity index (χ1v) is 9.54. The number of nitrogens with zero attached hydrogens (tertiary/aromatic N) is 2. The van der Waals surface area contributed by atoms with Crippen LogP contribution in [0.5, 0.6) is 0 Å². The third-order valence-corrected chi connectivity index (χ3v) is 4.67. The highest BCUT2D eigenvalue weighted by atomic mass is 16.6. The van der Waals surface area contributed by atoms with Crippen LogP contribution in [0.25, 0.3) is 0 Å². The zero-order valence-electron chi connectivity index (χ0n) is 15.5. The predicted octanol–water partition coefficient (Wildman–Crippen LogP) is 2.78. The molecule has 3 N–H and O–H groups in total. The van der Waals surface area contributed by atoms with Crippen molar-refractivity contribution in [1.82, 2.24) is 10.6 Å². The van der Waals surface area contributed by atoms with Gasteiger partial charge in [-0.25, -0.2) is 0 Å². The largest absolute Gasteiger partial charge is 0.393 e. The minimum Gasteiger partial charge on any atom is -0.393 e. The Kier molecular flexibility index (Phi) is 8.34. The van der Waals surface area contributed by atoms with Crippen molar-refractivity contribution in [3.05, 3.63) is 39.9 Å². The zero-order valence-corrected chi connectivity index (χ0v) is 15.5. The first-order chi connectivity index (χ1) is 12.6. The fourth-order valence-corrected chi connectivity index (χ4v) is 3.15. The maximum absolute atomic E-state index is 10.7. The lowest BCUT2D eigenvalue weighted by Crippen LogP contribution is -2.45. The summed E-state index contributed by atoms with van der Waals surface area (Å²) in [6.07, 6.45) is 6.38. The summed E-state index contributed by atoms with van der Waals surface area (Å²) in [5.74, 6) is 0.851. The monoisotopic (exact) mass is 362 g/mol. The van der Waals surface area contributed by atoms with E-state index in [4.69, 9.17) is 0 Å². The third kappa shape index (κ3) is 7.00. The molecule has 0 atom stereocenters. The summed E-state index contributed by atoms with van der Waals surface area (Å²) in [7, 11) is 0. The van der Waals surface area contributed by atoms with Crippen LogP contribution in [0.2, 0.25) is 0 Å². The second-order valence-electron chi connectivity index (χ2n) is 6.79. The molecule has 0 unspecified atom stereocenters. The first kappa shape index (κ1) is 20.2. The number of aryl methyl sites for hydroxylation is 1. The van der Waals surface area contributed by atoms with Crippen LogP contribution < -0.4 is 10.6 Å². The lowest BCUT2D eigenvalue weighted by atomic mass is 9.93. The van der Waals surface area contributed by atoms with Crippen molar-refractivity contribution in [2.45, 2.75) is 64.0 Å². The molecule has 0 spiro atoms. The highest BCUT2D eigenvalue weighted by Gasteiger charge is 2.19. The van der Waals surface area contributed by atoms with Gasteiger partial charge in [0.25, 0.3) is 5.69 Å². The number of nitrogens with one attached hydrogen (secondary N) is 2. The summed E-state index contributed by atoms with van der Waals surface area (Å²) in [5.41, 5.74) is 1.25. The van der Waals surface area contributed by atoms with Crippen LogP contribution in [0.15, 0.2) is 29.3 Å². The van der Waals surface area contributed by atoms with Crippen LogP contribution in [0.4, 0.5) is 5.69 Å². The average Bonchev–Trinajstić information content (AvgIpc) is 2.64. The molecule has 2 rings (SSSR count). The van der Waals surface area contributed by atoms with E-state index < -0.39 is 0 Å². The van der Waals surface area contributed by atoms with Gasteiger partial charge in [-0.15, -0.1) is 0 Å². The van der Waals surface area contributed by atoms with Gasteiger partial charge in [0.2, 0.25) is 0 Å². The zero-order chi connectivity index (χ0) is 18.8. The molecule has 0 aliphatic heterocycles. The second kappa shape index (κ2) is 10.8. The van der Waals surface area contributed by atoms with Crippen molar-refractivity contribution in [1.29, 1.82) is 0 Å². The molecular formula is C19H30N4O3. The van der Waals surface area contributed by atoms with Crippen molar-refractivity contribution in [3.63, 3.8) is 0 Å². The van der Waals surface area contributed by atoms with Gasteiger partial charge in [0.1, 0.15) is 0 Å². The molecule has 1 aliphatic rings. The van der Waals surface area contributed by atoms with Crippen LogP contribution in [0.1, 0.15) is 51.0 Å². The van der Waals surface area contributed by atoms with Crippen molar-refractivity contribution >= 4 is 11.6 Å². The average molecular weight is 362 g/mol. The van der Waals surface area contributed by atoms with Crippen molar-refractivity contribution < 1.29 is 10.0 Å². The molecule has 0 aromatic heterocycles.